The molecule has 1 atom stereocenters. The smallest absolute Gasteiger partial charge is 0.261 e. The Morgan fingerprint density at radius 3 is 2.35 bits per heavy atom. The molecule has 5 nitrogen and oxygen atoms in total. The first kappa shape index (κ1) is 15.5. The van der Waals surface area contributed by atoms with Gasteiger partial charge in [0.1, 0.15) is 5.15 Å². The number of benzene rings is 1. The minimum Gasteiger partial charge on any atom is -0.381 e. The first-order valence-corrected chi connectivity index (χ1v) is 7.77. The van der Waals surface area contributed by atoms with Crippen LogP contribution < -0.4 is 5.32 Å². The molecule has 1 N–H and O–H groups in total. The zero-order valence-electron chi connectivity index (χ0n) is 12.6. The summed E-state index contributed by atoms with van der Waals surface area (Å²) in [5, 5.41) is 3.71. The van der Waals surface area contributed by atoms with Crippen LogP contribution in [0.3, 0.4) is 0 Å². The highest BCUT2D eigenvalue weighted by Crippen LogP contribution is 2.23. The molecule has 0 spiro atoms. The van der Waals surface area contributed by atoms with Gasteiger partial charge in [0.15, 0.2) is 0 Å². The van der Waals surface area contributed by atoms with Crippen molar-refractivity contribution in [2.24, 2.45) is 0 Å². The summed E-state index contributed by atoms with van der Waals surface area (Å²) >= 11 is 5.75. The van der Waals surface area contributed by atoms with E-state index >= 15 is 0 Å². The first-order valence-electron chi connectivity index (χ1n) is 7.39. The van der Waals surface area contributed by atoms with Crippen LogP contribution in [0.5, 0.6) is 0 Å². The van der Waals surface area contributed by atoms with Gasteiger partial charge in [0, 0.05) is 12.6 Å². The second kappa shape index (κ2) is 6.38. The van der Waals surface area contributed by atoms with E-state index in [9.17, 15) is 9.59 Å². The van der Waals surface area contributed by atoms with E-state index in [2.05, 4.69) is 10.3 Å². The molecule has 0 saturated carbocycles. The van der Waals surface area contributed by atoms with Crippen molar-refractivity contribution < 1.29 is 9.59 Å². The van der Waals surface area contributed by atoms with Gasteiger partial charge in [-0.25, -0.2) is 4.98 Å². The monoisotopic (exact) mass is 329 g/mol. The highest BCUT2D eigenvalue weighted by molar-refractivity contribution is 6.29. The number of anilines is 1. The Morgan fingerprint density at radius 1 is 1.13 bits per heavy atom. The summed E-state index contributed by atoms with van der Waals surface area (Å²) in [6.07, 6.45) is 2.30. The van der Waals surface area contributed by atoms with E-state index in [0.29, 0.717) is 29.2 Å². The van der Waals surface area contributed by atoms with Crippen LogP contribution in [0.4, 0.5) is 5.69 Å². The van der Waals surface area contributed by atoms with Crippen LogP contribution in [0, 0.1) is 0 Å². The van der Waals surface area contributed by atoms with Crippen molar-refractivity contribution in [2.75, 3.05) is 11.9 Å². The summed E-state index contributed by atoms with van der Waals surface area (Å²) in [6.45, 7) is 2.37. The van der Waals surface area contributed by atoms with Crippen LogP contribution in [0.25, 0.3) is 0 Å². The number of nitrogens with one attached hydrogen (secondary N) is 1. The minimum absolute atomic E-state index is 0.0855. The summed E-state index contributed by atoms with van der Waals surface area (Å²) in [5.74, 6) is -0.433. The molecule has 1 aromatic carbocycles. The van der Waals surface area contributed by atoms with Crippen LogP contribution in [0.2, 0.25) is 5.15 Å². The molecule has 0 radical (unpaired) electrons. The average Bonchev–Trinajstić information content (AvgIpc) is 2.80. The number of rotatable bonds is 5. The fourth-order valence-electron chi connectivity index (χ4n) is 2.58. The molecule has 2 amide bonds. The number of pyridine rings is 1. The highest BCUT2D eigenvalue weighted by Gasteiger charge is 2.34. The molecule has 3 rings (SSSR count). The number of halogens is 1. The molecule has 0 fully saturated rings. The summed E-state index contributed by atoms with van der Waals surface area (Å²) in [5.41, 5.74) is 1.82. The van der Waals surface area contributed by atoms with Gasteiger partial charge >= 0.3 is 0 Å². The van der Waals surface area contributed by atoms with E-state index < -0.39 is 0 Å². The molecule has 118 valence electrons. The fourth-order valence-corrected chi connectivity index (χ4v) is 2.69. The predicted octanol–water partition coefficient (Wildman–Crippen LogP) is 3.22. The highest BCUT2D eigenvalue weighted by atomic mass is 35.5. The molecule has 2 aromatic rings. The number of aromatic nitrogens is 1. The fraction of sp³-hybridized carbons (Fsp3) is 0.235. The summed E-state index contributed by atoms with van der Waals surface area (Å²) < 4.78 is 0. The molecule has 1 aliphatic heterocycles. The van der Waals surface area contributed by atoms with Gasteiger partial charge < -0.3 is 5.32 Å². The zero-order chi connectivity index (χ0) is 16.4. The number of fused-ring (bicyclic) bond motifs is 1. The molecule has 0 aliphatic carbocycles. The lowest BCUT2D eigenvalue weighted by Gasteiger charge is -2.19. The topological polar surface area (TPSA) is 62.3 Å². The van der Waals surface area contributed by atoms with E-state index in [1.165, 1.54) is 4.90 Å². The molecule has 6 heteroatoms. The normalized spacial score (nSPS) is 14.8. The van der Waals surface area contributed by atoms with Crippen molar-refractivity contribution in [1.29, 1.82) is 0 Å². The SMILES string of the molecule is CC(CCN1C(=O)c2ccccc2C1=O)Nc1ccc(Cl)nc1. The molecule has 1 aromatic heterocycles. The van der Waals surface area contributed by atoms with Gasteiger partial charge in [-0.2, -0.15) is 0 Å². The van der Waals surface area contributed by atoms with Crippen molar-refractivity contribution in [3.05, 3.63) is 58.9 Å². The molecular formula is C17H16ClN3O2. The quantitative estimate of drug-likeness (QED) is 0.676. The second-order valence-electron chi connectivity index (χ2n) is 5.51. The maximum atomic E-state index is 12.3. The van der Waals surface area contributed by atoms with Crippen LogP contribution >= 0.6 is 11.6 Å². The maximum absolute atomic E-state index is 12.3. The third-order valence-corrected chi connectivity index (χ3v) is 4.03. The summed E-state index contributed by atoms with van der Waals surface area (Å²) in [4.78, 5) is 29.9. The van der Waals surface area contributed by atoms with Crippen molar-refractivity contribution in [2.45, 2.75) is 19.4 Å². The Bertz CT molecular complexity index is 711. The molecule has 23 heavy (non-hydrogen) atoms. The van der Waals surface area contributed by atoms with Crippen LogP contribution in [-0.4, -0.2) is 34.3 Å². The number of carbonyl (C=O) groups is 2. The van der Waals surface area contributed by atoms with Crippen molar-refractivity contribution >= 4 is 29.1 Å². The van der Waals surface area contributed by atoms with E-state index in [0.717, 1.165) is 5.69 Å². The number of nitrogens with zero attached hydrogens (tertiary/aromatic N) is 2. The standard InChI is InChI=1S/C17H16ClN3O2/c1-11(20-12-6-7-15(18)19-10-12)8-9-21-16(22)13-4-2-3-5-14(13)17(21)23/h2-7,10-11,20H,8-9H2,1H3. The number of amides is 2. The molecule has 0 bridgehead atoms. The summed E-state index contributed by atoms with van der Waals surface area (Å²) in [7, 11) is 0. The van der Waals surface area contributed by atoms with E-state index in [4.69, 9.17) is 11.6 Å². The summed E-state index contributed by atoms with van der Waals surface area (Å²) in [6, 6.07) is 10.6. The Hall–Kier alpha value is -2.40. The average molecular weight is 330 g/mol. The number of hydrogen-bond acceptors (Lipinski definition) is 4. The number of imide groups is 1. The minimum atomic E-state index is -0.217. The van der Waals surface area contributed by atoms with Gasteiger partial charge in [-0.15, -0.1) is 0 Å². The van der Waals surface area contributed by atoms with E-state index in [-0.39, 0.29) is 17.9 Å². The third kappa shape index (κ3) is 3.19. The van der Waals surface area contributed by atoms with Crippen molar-refractivity contribution in [1.82, 2.24) is 9.88 Å². The Balaban J connectivity index is 1.59. The lowest BCUT2D eigenvalue weighted by molar-refractivity contribution is 0.0651. The van der Waals surface area contributed by atoms with Gasteiger partial charge in [0.05, 0.1) is 23.0 Å². The zero-order valence-corrected chi connectivity index (χ0v) is 13.4. The van der Waals surface area contributed by atoms with Crippen LogP contribution in [-0.2, 0) is 0 Å². The predicted molar refractivity (Wildman–Crippen MR) is 88.8 cm³/mol. The molecular weight excluding hydrogens is 314 g/mol. The van der Waals surface area contributed by atoms with Gasteiger partial charge in [-0.05, 0) is 37.6 Å². The van der Waals surface area contributed by atoms with Gasteiger partial charge in [0.25, 0.3) is 11.8 Å². The number of carbonyl (C=O) groups excluding carboxylic acids is 2. The first-order chi connectivity index (χ1) is 11.1. The lowest BCUT2D eigenvalue weighted by atomic mass is 10.1. The van der Waals surface area contributed by atoms with Gasteiger partial charge in [-0.3, -0.25) is 14.5 Å². The van der Waals surface area contributed by atoms with Gasteiger partial charge in [-0.1, -0.05) is 23.7 Å². The molecule has 1 unspecified atom stereocenters. The Kier molecular flexibility index (Phi) is 4.30. The molecule has 2 heterocycles. The van der Waals surface area contributed by atoms with Crippen LogP contribution in [0.15, 0.2) is 42.6 Å². The molecule has 0 saturated heterocycles. The van der Waals surface area contributed by atoms with E-state index in [1.54, 1.807) is 36.5 Å². The maximum Gasteiger partial charge on any atom is 0.261 e. The van der Waals surface area contributed by atoms with E-state index in [1.807, 2.05) is 13.0 Å². The second-order valence-corrected chi connectivity index (χ2v) is 5.90. The van der Waals surface area contributed by atoms with Crippen molar-refractivity contribution in [3.63, 3.8) is 0 Å². The Labute approximate surface area is 139 Å². The third-order valence-electron chi connectivity index (χ3n) is 3.80. The number of hydrogen-bond donors (Lipinski definition) is 1. The van der Waals surface area contributed by atoms with Crippen LogP contribution in [0.1, 0.15) is 34.1 Å². The largest absolute Gasteiger partial charge is 0.381 e. The molecule has 1 aliphatic rings. The van der Waals surface area contributed by atoms with Crippen molar-refractivity contribution in [3.8, 4) is 0 Å². The Morgan fingerprint density at radius 2 is 1.78 bits per heavy atom. The lowest BCUT2D eigenvalue weighted by Crippen LogP contribution is -2.33. The van der Waals surface area contributed by atoms with Gasteiger partial charge in [0.2, 0.25) is 0 Å².